The lowest BCUT2D eigenvalue weighted by atomic mass is 10.2. The number of hydrogen-bond acceptors (Lipinski definition) is 3. The van der Waals surface area contributed by atoms with E-state index in [0.29, 0.717) is 0 Å². The molecular weight excluding hydrogens is 184 g/mol. The van der Waals surface area contributed by atoms with E-state index in [9.17, 15) is 9.59 Å². The molecule has 0 radical (unpaired) electrons. The molecule has 0 fully saturated rings. The Hall–Kier alpha value is -1.85. The fourth-order valence-corrected chi connectivity index (χ4v) is 0.989. The number of aromatic amines is 1. The van der Waals surface area contributed by atoms with Crippen molar-refractivity contribution >= 4 is 11.8 Å². The summed E-state index contributed by atoms with van der Waals surface area (Å²) in [7, 11) is 0. The molecule has 6 heteroatoms. The van der Waals surface area contributed by atoms with Gasteiger partial charge in [-0.1, -0.05) is 0 Å². The number of primary amides is 1. The lowest BCUT2D eigenvalue weighted by Crippen LogP contribution is -2.32. The van der Waals surface area contributed by atoms with E-state index in [2.05, 4.69) is 15.3 Å². The summed E-state index contributed by atoms with van der Waals surface area (Å²) in [6.45, 7) is 3.64. The van der Waals surface area contributed by atoms with Crippen LogP contribution in [0.2, 0.25) is 0 Å². The van der Waals surface area contributed by atoms with Crippen LogP contribution in [0.3, 0.4) is 0 Å². The number of carbonyl (C=O) groups is 2. The number of amides is 2. The third kappa shape index (κ3) is 2.09. The molecular formula is C8H12N4O2. The molecule has 76 valence electrons. The van der Waals surface area contributed by atoms with E-state index < -0.39 is 5.91 Å². The van der Waals surface area contributed by atoms with Crippen LogP contribution in [0.15, 0.2) is 6.33 Å². The number of nitrogens with two attached hydrogens (primary N) is 1. The van der Waals surface area contributed by atoms with Gasteiger partial charge in [0.2, 0.25) is 0 Å². The highest BCUT2D eigenvalue weighted by Crippen LogP contribution is 2.01. The van der Waals surface area contributed by atoms with Crippen LogP contribution in [0.5, 0.6) is 0 Å². The van der Waals surface area contributed by atoms with E-state index in [1.807, 2.05) is 13.8 Å². The summed E-state index contributed by atoms with van der Waals surface area (Å²) in [5.41, 5.74) is 5.09. The zero-order valence-corrected chi connectivity index (χ0v) is 8.00. The van der Waals surface area contributed by atoms with Crippen molar-refractivity contribution in [3.8, 4) is 0 Å². The van der Waals surface area contributed by atoms with Crippen molar-refractivity contribution in [2.45, 2.75) is 19.9 Å². The molecule has 0 spiro atoms. The van der Waals surface area contributed by atoms with Crippen molar-refractivity contribution in [2.75, 3.05) is 0 Å². The van der Waals surface area contributed by atoms with Crippen molar-refractivity contribution in [2.24, 2.45) is 5.73 Å². The van der Waals surface area contributed by atoms with Crippen molar-refractivity contribution in [1.82, 2.24) is 15.3 Å². The molecule has 1 rings (SSSR count). The van der Waals surface area contributed by atoms with Gasteiger partial charge in [0.15, 0.2) is 5.69 Å². The second-order valence-electron chi connectivity index (χ2n) is 3.12. The van der Waals surface area contributed by atoms with Crippen molar-refractivity contribution in [3.63, 3.8) is 0 Å². The second-order valence-corrected chi connectivity index (χ2v) is 3.12. The summed E-state index contributed by atoms with van der Waals surface area (Å²) in [5.74, 6) is -1.11. The van der Waals surface area contributed by atoms with Crippen molar-refractivity contribution in [1.29, 1.82) is 0 Å². The number of aromatic nitrogens is 2. The van der Waals surface area contributed by atoms with Gasteiger partial charge in [-0.15, -0.1) is 0 Å². The van der Waals surface area contributed by atoms with E-state index in [0.717, 1.165) is 0 Å². The number of imidazole rings is 1. The average molecular weight is 196 g/mol. The minimum absolute atomic E-state index is 0.00785. The van der Waals surface area contributed by atoms with Gasteiger partial charge in [-0.3, -0.25) is 9.59 Å². The Morgan fingerprint density at radius 3 is 2.71 bits per heavy atom. The molecule has 0 atom stereocenters. The molecule has 0 saturated heterocycles. The molecule has 1 aromatic heterocycles. The van der Waals surface area contributed by atoms with Crippen LogP contribution >= 0.6 is 0 Å². The minimum atomic E-state index is -0.722. The van der Waals surface area contributed by atoms with E-state index >= 15 is 0 Å². The van der Waals surface area contributed by atoms with Crippen LogP contribution in [-0.2, 0) is 0 Å². The van der Waals surface area contributed by atoms with Gasteiger partial charge in [0.05, 0.1) is 6.33 Å². The zero-order valence-electron chi connectivity index (χ0n) is 8.00. The normalized spacial score (nSPS) is 10.2. The molecule has 4 N–H and O–H groups in total. The van der Waals surface area contributed by atoms with Gasteiger partial charge in [-0.05, 0) is 13.8 Å². The number of nitrogens with one attached hydrogen (secondary N) is 2. The maximum absolute atomic E-state index is 11.5. The summed E-state index contributed by atoms with van der Waals surface area (Å²) >= 11 is 0. The number of carbonyl (C=O) groups excluding carboxylic acids is 2. The predicted octanol–water partition coefficient (Wildman–Crippen LogP) is -0.353. The molecule has 0 unspecified atom stereocenters. The molecule has 0 bridgehead atoms. The zero-order chi connectivity index (χ0) is 10.7. The fourth-order valence-electron chi connectivity index (χ4n) is 0.989. The summed E-state index contributed by atoms with van der Waals surface area (Å²) in [4.78, 5) is 28.5. The first-order valence-corrected chi connectivity index (χ1v) is 4.16. The maximum Gasteiger partial charge on any atom is 0.270 e. The minimum Gasteiger partial charge on any atom is -0.364 e. The quantitative estimate of drug-likeness (QED) is 0.615. The lowest BCUT2D eigenvalue weighted by Gasteiger charge is -2.06. The van der Waals surface area contributed by atoms with Gasteiger partial charge >= 0.3 is 0 Å². The number of hydrogen-bond donors (Lipinski definition) is 3. The van der Waals surface area contributed by atoms with Crippen LogP contribution in [0, 0.1) is 0 Å². The van der Waals surface area contributed by atoms with Gasteiger partial charge in [-0.2, -0.15) is 0 Å². The third-order valence-corrected chi connectivity index (χ3v) is 1.52. The third-order valence-electron chi connectivity index (χ3n) is 1.52. The van der Waals surface area contributed by atoms with Gasteiger partial charge < -0.3 is 16.0 Å². The highest BCUT2D eigenvalue weighted by atomic mass is 16.2. The molecule has 0 aromatic carbocycles. The summed E-state index contributed by atoms with van der Waals surface area (Å²) in [6, 6.07) is -0.00785. The van der Waals surface area contributed by atoms with E-state index in [1.165, 1.54) is 6.33 Å². The topological polar surface area (TPSA) is 101 Å². The smallest absolute Gasteiger partial charge is 0.270 e. The Morgan fingerprint density at radius 2 is 2.21 bits per heavy atom. The van der Waals surface area contributed by atoms with Gasteiger partial charge in [0, 0.05) is 6.04 Å². The molecule has 0 aliphatic heterocycles. The first-order valence-electron chi connectivity index (χ1n) is 4.16. The molecule has 0 saturated carbocycles. The number of nitrogens with zero attached hydrogens (tertiary/aromatic N) is 1. The lowest BCUT2D eigenvalue weighted by molar-refractivity contribution is 0.0922. The largest absolute Gasteiger partial charge is 0.364 e. The average Bonchev–Trinajstić information content (AvgIpc) is 2.49. The Morgan fingerprint density at radius 1 is 1.57 bits per heavy atom. The number of H-pyrrole nitrogens is 1. The van der Waals surface area contributed by atoms with E-state index in [-0.39, 0.29) is 23.3 Å². The highest BCUT2D eigenvalue weighted by Gasteiger charge is 2.18. The van der Waals surface area contributed by atoms with Crippen LogP contribution in [-0.4, -0.2) is 27.8 Å². The van der Waals surface area contributed by atoms with Crippen LogP contribution in [0.1, 0.15) is 34.8 Å². The standard InChI is InChI=1S/C8H12N4O2/c1-4(2)12-8(14)6-5(7(9)13)10-3-11-6/h3-4H,1-2H3,(H2,9,13)(H,10,11)(H,12,14). The van der Waals surface area contributed by atoms with Crippen LogP contribution in [0.4, 0.5) is 0 Å². The summed E-state index contributed by atoms with van der Waals surface area (Å²) in [5, 5.41) is 2.62. The molecule has 1 aromatic rings. The monoisotopic (exact) mass is 196 g/mol. The van der Waals surface area contributed by atoms with Crippen LogP contribution < -0.4 is 11.1 Å². The Bertz CT molecular complexity index is 356. The second kappa shape index (κ2) is 3.91. The van der Waals surface area contributed by atoms with E-state index in [1.54, 1.807) is 0 Å². The molecule has 14 heavy (non-hydrogen) atoms. The SMILES string of the molecule is CC(C)NC(=O)c1[nH]cnc1C(N)=O. The molecule has 1 heterocycles. The Labute approximate surface area is 80.9 Å². The predicted molar refractivity (Wildman–Crippen MR) is 49.7 cm³/mol. The highest BCUT2D eigenvalue weighted by molar-refractivity contribution is 6.04. The van der Waals surface area contributed by atoms with Crippen LogP contribution in [0.25, 0.3) is 0 Å². The summed E-state index contributed by atoms with van der Waals surface area (Å²) in [6.07, 6.45) is 1.26. The Kier molecular flexibility index (Phi) is 2.85. The van der Waals surface area contributed by atoms with Crippen molar-refractivity contribution in [3.05, 3.63) is 17.7 Å². The molecule has 0 aliphatic rings. The first-order chi connectivity index (χ1) is 6.52. The maximum atomic E-state index is 11.5. The van der Waals surface area contributed by atoms with E-state index in [4.69, 9.17) is 5.73 Å². The molecule has 0 aliphatic carbocycles. The molecule has 6 nitrogen and oxygen atoms in total. The van der Waals surface area contributed by atoms with Gasteiger partial charge in [0.25, 0.3) is 11.8 Å². The first kappa shape index (κ1) is 10.2. The van der Waals surface area contributed by atoms with Gasteiger partial charge in [-0.25, -0.2) is 4.98 Å². The van der Waals surface area contributed by atoms with Gasteiger partial charge in [0.1, 0.15) is 5.69 Å². The summed E-state index contributed by atoms with van der Waals surface area (Å²) < 4.78 is 0. The van der Waals surface area contributed by atoms with Crippen molar-refractivity contribution < 1.29 is 9.59 Å². The number of rotatable bonds is 3. The fraction of sp³-hybridized carbons (Fsp3) is 0.375. The Balaban J connectivity index is 2.90. The molecule has 2 amide bonds.